The molecule has 2 aromatic rings. The Labute approximate surface area is 233 Å². The molecule has 0 radical (unpaired) electrons. The molecule has 1 aliphatic carbocycles. The summed E-state index contributed by atoms with van der Waals surface area (Å²) in [6, 6.07) is 12.5. The number of carbonyl (C=O) groups is 1. The highest BCUT2D eigenvalue weighted by atomic mass is 35.5. The van der Waals surface area contributed by atoms with Crippen LogP contribution in [0.3, 0.4) is 0 Å². The van der Waals surface area contributed by atoms with Crippen molar-refractivity contribution in [2.24, 2.45) is 11.8 Å². The maximum Gasteiger partial charge on any atom is 0.261 e. The quantitative estimate of drug-likeness (QED) is 0.120. The average molecular weight is 603 g/mol. The Morgan fingerprint density at radius 2 is 1.84 bits per heavy atom. The van der Waals surface area contributed by atoms with E-state index >= 15 is 0 Å². The molecule has 3 N–H and O–H groups in total. The van der Waals surface area contributed by atoms with Crippen molar-refractivity contribution < 1.29 is 26.2 Å². The summed E-state index contributed by atoms with van der Waals surface area (Å²) in [4.78, 5) is 17.7. The van der Waals surface area contributed by atoms with E-state index < -0.39 is 20.0 Å². The first-order chi connectivity index (χ1) is 17.9. The summed E-state index contributed by atoms with van der Waals surface area (Å²) >= 11 is 7.64. The van der Waals surface area contributed by atoms with E-state index in [9.17, 15) is 21.6 Å². The molecule has 14 heteroatoms. The third-order valence-corrected chi connectivity index (χ3v) is 8.82. The molecule has 1 aromatic heterocycles. The van der Waals surface area contributed by atoms with E-state index in [1.54, 1.807) is 30.1 Å². The van der Waals surface area contributed by atoms with Gasteiger partial charge in [0.05, 0.1) is 28.7 Å². The number of nitrogens with zero attached hydrogens (tertiary/aromatic N) is 2. The lowest BCUT2D eigenvalue weighted by molar-refractivity contribution is -0.127. The topological polar surface area (TPSA) is 166 Å². The van der Waals surface area contributed by atoms with E-state index in [4.69, 9.17) is 21.4 Å². The van der Waals surface area contributed by atoms with Crippen LogP contribution in [0, 0.1) is 23.2 Å². The molecule has 0 aliphatic heterocycles. The van der Waals surface area contributed by atoms with Crippen molar-refractivity contribution in [1.29, 1.82) is 5.26 Å². The number of hydrogen-bond donors (Lipinski definition) is 3. The molecular formula is C24H31ClN4O6S3. The average Bonchev–Trinajstić information content (AvgIpc) is 2.85. The number of nitriles is 1. The minimum Gasteiger partial charge on any atom is -0.382 e. The molecular weight excluding hydrogens is 572 g/mol. The molecule has 3 rings (SSSR count). The number of carbonyl (C=O) groups excluding carboxylic acids is 1. The number of halogens is 1. The standard InChI is InChI=1S/C23H27ClN4O3S2.CH4O3S/c24-22-21(6-3-12-27-22)26-14-15-32-18-7-9-19(10-8-18)33(30,31)16-17-4-1-2-5-20(17)23(29)28-13-11-25;1-5(2,3)4/h3,6-10,12,17,20,26H,1-2,4-5,13-16H2,(H,28,29);1H3,(H,2,3,4)/t17-,20+;/m1./s1. The Morgan fingerprint density at radius 1 is 1.18 bits per heavy atom. The van der Waals surface area contributed by atoms with Crippen LogP contribution in [0.25, 0.3) is 0 Å². The predicted molar refractivity (Wildman–Crippen MR) is 148 cm³/mol. The second kappa shape index (κ2) is 15.3. The van der Waals surface area contributed by atoms with Gasteiger partial charge in [-0.2, -0.15) is 13.7 Å². The first-order valence-corrected chi connectivity index (χ1v) is 16.6. The molecule has 2 atom stereocenters. The first-order valence-electron chi connectivity index (χ1n) is 11.8. The fraction of sp³-hybridized carbons (Fsp3) is 0.458. The summed E-state index contributed by atoms with van der Waals surface area (Å²) in [6.07, 6.45) is 5.52. The van der Waals surface area contributed by atoms with Gasteiger partial charge in [-0.25, -0.2) is 13.4 Å². The normalized spacial score (nSPS) is 17.4. The number of pyridine rings is 1. The fourth-order valence-corrected chi connectivity index (χ4v) is 6.66. The van der Waals surface area contributed by atoms with Gasteiger partial charge in [0, 0.05) is 29.3 Å². The summed E-state index contributed by atoms with van der Waals surface area (Å²) in [5.41, 5.74) is 0.781. The number of sulfone groups is 1. The summed E-state index contributed by atoms with van der Waals surface area (Å²) in [7, 11) is -7.18. The number of thioether (sulfide) groups is 1. The predicted octanol–water partition coefficient (Wildman–Crippen LogP) is 3.66. The number of aromatic nitrogens is 1. The number of hydrogen-bond acceptors (Lipinski definition) is 9. The van der Waals surface area contributed by atoms with Gasteiger partial charge in [-0.15, -0.1) is 11.8 Å². The van der Waals surface area contributed by atoms with Crippen LogP contribution in [0.2, 0.25) is 5.15 Å². The fourth-order valence-electron chi connectivity index (χ4n) is 4.00. The van der Waals surface area contributed by atoms with Gasteiger partial charge in [-0.1, -0.05) is 24.4 Å². The lowest BCUT2D eigenvalue weighted by Crippen LogP contribution is -2.39. The lowest BCUT2D eigenvalue weighted by Gasteiger charge is -2.30. The number of anilines is 1. The van der Waals surface area contributed by atoms with Crippen LogP contribution in [-0.2, 0) is 24.7 Å². The van der Waals surface area contributed by atoms with Gasteiger partial charge in [0.1, 0.15) is 6.54 Å². The third-order valence-electron chi connectivity index (χ3n) is 5.65. The van der Waals surface area contributed by atoms with Crippen molar-refractivity contribution in [1.82, 2.24) is 10.3 Å². The van der Waals surface area contributed by atoms with Gasteiger partial charge in [-0.3, -0.25) is 9.35 Å². The maximum absolute atomic E-state index is 13.0. The van der Waals surface area contributed by atoms with E-state index in [2.05, 4.69) is 15.6 Å². The maximum atomic E-state index is 13.0. The summed E-state index contributed by atoms with van der Waals surface area (Å²) in [6.45, 7) is 0.631. The highest BCUT2D eigenvalue weighted by Gasteiger charge is 2.34. The van der Waals surface area contributed by atoms with E-state index in [0.717, 1.165) is 29.2 Å². The summed E-state index contributed by atoms with van der Waals surface area (Å²) < 4.78 is 51.9. The highest BCUT2D eigenvalue weighted by molar-refractivity contribution is 7.99. The number of benzene rings is 1. The minimum absolute atomic E-state index is 0.0556. The Kier molecular flexibility index (Phi) is 12.8. The molecule has 0 saturated heterocycles. The number of nitrogens with one attached hydrogen (secondary N) is 2. The molecule has 208 valence electrons. The molecule has 1 heterocycles. The van der Waals surface area contributed by atoms with E-state index in [0.29, 0.717) is 30.8 Å². The van der Waals surface area contributed by atoms with Crippen molar-refractivity contribution in [3.63, 3.8) is 0 Å². The van der Waals surface area contributed by atoms with Crippen LogP contribution >= 0.6 is 23.4 Å². The van der Waals surface area contributed by atoms with Crippen LogP contribution in [0.5, 0.6) is 0 Å². The zero-order chi connectivity index (χ0) is 28.2. The lowest BCUT2D eigenvalue weighted by atomic mass is 9.80. The van der Waals surface area contributed by atoms with Gasteiger partial charge in [0.25, 0.3) is 10.1 Å². The van der Waals surface area contributed by atoms with E-state index in [-0.39, 0.29) is 34.9 Å². The van der Waals surface area contributed by atoms with Crippen LogP contribution in [0.15, 0.2) is 52.4 Å². The zero-order valence-corrected chi connectivity index (χ0v) is 24.0. The first kappa shape index (κ1) is 31.8. The second-order valence-electron chi connectivity index (χ2n) is 8.63. The molecule has 0 unspecified atom stereocenters. The van der Waals surface area contributed by atoms with Crippen molar-refractivity contribution in [3.8, 4) is 6.07 Å². The number of amides is 1. The van der Waals surface area contributed by atoms with Crippen LogP contribution in [-0.4, -0.2) is 63.1 Å². The molecule has 1 saturated carbocycles. The van der Waals surface area contributed by atoms with Crippen LogP contribution < -0.4 is 10.6 Å². The summed E-state index contributed by atoms with van der Waals surface area (Å²) in [5, 5.41) is 14.9. The molecule has 0 bridgehead atoms. The second-order valence-corrected chi connectivity index (χ2v) is 13.7. The molecule has 1 fully saturated rings. The molecule has 38 heavy (non-hydrogen) atoms. The Morgan fingerprint density at radius 3 is 2.47 bits per heavy atom. The van der Waals surface area contributed by atoms with Gasteiger partial charge in [0.2, 0.25) is 5.91 Å². The Hall–Kier alpha value is -2.37. The molecule has 10 nitrogen and oxygen atoms in total. The smallest absolute Gasteiger partial charge is 0.261 e. The minimum atomic E-state index is -3.67. The SMILES string of the molecule is CS(=O)(=O)O.N#CCNC(=O)[C@H]1CCCC[C@@H]1CS(=O)(=O)c1ccc(SCCNc2cccnc2Cl)cc1. The van der Waals surface area contributed by atoms with Crippen molar-refractivity contribution in [3.05, 3.63) is 47.7 Å². The van der Waals surface area contributed by atoms with Crippen LogP contribution in [0.4, 0.5) is 5.69 Å². The van der Waals surface area contributed by atoms with E-state index in [1.165, 1.54) is 0 Å². The van der Waals surface area contributed by atoms with Gasteiger partial charge in [0.15, 0.2) is 15.0 Å². The molecule has 1 amide bonds. The Balaban J connectivity index is 0.000000926. The zero-order valence-electron chi connectivity index (χ0n) is 20.8. The van der Waals surface area contributed by atoms with Gasteiger partial charge >= 0.3 is 0 Å². The highest BCUT2D eigenvalue weighted by Crippen LogP contribution is 2.33. The Bertz CT molecular complexity index is 1310. The van der Waals surface area contributed by atoms with Gasteiger partial charge < -0.3 is 10.6 Å². The van der Waals surface area contributed by atoms with Crippen molar-refractivity contribution in [2.45, 2.75) is 35.5 Å². The van der Waals surface area contributed by atoms with Gasteiger partial charge in [-0.05, 0) is 55.2 Å². The molecule has 0 spiro atoms. The molecule has 1 aromatic carbocycles. The third kappa shape index (κ3) is 11.6. The van der Waals surface area contributed by atoms with Crippen LogP contribution in [0.1, 0.15) is 25.7 Å². The molecule has 1 aliphatic rings. The van der Waals surface area contributed by atoms with Crippen molar-refractivity contribution >= 4 is 54.9 Å². The largest absolute Gasteiger partial charge is 0.382 e. The summed E-state index contributed by atoms with van der Waals surface area (Å²) in [5.74, 6) is -0.0949. The number of rotatable bonds is 10. The monoisotopic (exact) mass is 602 g/mol. The van der Waals surface area contributed by atoms with E-state index in [1.807, 2.05) is 30.3 Å². The van der Waals surface area contributed by atoms with Crippen molar-refractivity contribution in [2.75, 3.05) is 36.2 Å².